The predicted molar refractivity (Wildman–Crippen MR) is 70.9 cm³/mol. The van der Waals surface area contributed by atoms with Gasteiger partial charge in [0.05, 0.1) is 6.04 Å². The van der Waals surface area contributed by atoms with Crippen molar-refractivity contribution in [1.29, 1.82) is 0 Å². The number of amides is 1. The van der Waals surface area contributed by atoms with E-state index in [1.165, 1.54) is 6.92 Å². The number of hydrogen-bond donors (Lipinski definition) is 1. The largest absolute Gasteiger partial charge is 0.309 e. The van der Waals surface area contributed by atoms with Crippen molar-refractivity contribution >= 4 is 11.7 Å². The van der Waals surface area contributed by atoms with Crippen LogP contribution >= 0.6 is 0 Å². The summed E-state index contributed by atoms with van der Waals surface area (Å²) in [5.74, 6) is -0.0313. The van der Waals surface area contributed by atoms with Crippen LogP contribution in [0, 0.1) is 0 Å². The Kier molecular flexibility index (Phi) is 4.50. The first-order valence-electron chi connectivity index (χ1n) is 6.48. The fraction of sp³-hybridized carbons (Fsp3) is 0.846. The van der Waals surface area contributed by atoms with Crippen molar-refractivity contribution in [1.82, 2.24) is 15.3 Å². The second-order valence-corrected chi connectivity index (χ2v) is 5.61. The minimum absolute atomic E-state index is 0.00773. The van der Waals surface area contributed by atoms with Gasteiger partial charge in [-0.25, -0.2) is 5.01 Å². The number of carbonyl (C=O) groups excluding carboxylic acids is 2. The standard InChI is InChI=1S/C13H25N3O2/c1-9-7-8-11(14-5)12(18)16(15(9)6)13(3,4)10(2)17/h9,11,14H,7-8H2,1-6H3. The molecule has 5 heteroatoms. The first-order valence-corrected chi connectivity index (χ1v) is 6.48. The molecule has 0 aromatic carbocycles. The Morgan fingerprint density at radius 2 is 1.94 bits per heavy atom. The molecule has 0 spiro atoms. The van der Waals surface area contributed by atoms with Crippen molar-refractivity contribution in [3.63, 3.8) is 0 Å². The number of hydrazine groups is 1. The van der Waals surface area contributed by atoms with Gasteiger partial charge in [0.15, 0.2) is 5.78 Å². The Morgan fingerprint density at radius 3 is 2.39 bits per heavy atom. The summed E-state index contributed by atoms with van der Waals surface area (Å²) in [5.41, 5.74) is -0.806. The third-order valence-electron chi connectivity index (χ3n) is 4.07. The lowest BCUT2D eigenvalue weighted by molar-refractivity contribution is -0.169. The molecular formula is C13H25N3O2. The molecule has 0 aliphatic carbocycles. The van der Waals surface area contributed by atoms with Gasteiger partial charge in [-0.2, -0.15) is 0 Å². The number of carbonyl (C=O) groups is 2. The molecule has 0 radical (unpaired) electrons. The Labute approximate surface area is 109 Å². The van der Waals surface area contributed by atoms with Gasteiger partial charge < -0.3 is 5.32 Å². The van der Waals surface area contributed by atoms with Crippen LogP contribution in [0.15, 0.2) is 0 Å². The van der Waals surface area contributed by atoms with Gasteiger partial charge in [0.25, 0.3) is 5.91 Å². The summed E-state index contributed by atoms with van der Waals surface area (Å²) >= 11 is 0. The SMILES string of the molecule is CNC1CCC(C)N(C)N(C(C)(C)C(C)=O)C1=O. The number of likely N-dealkylation sites (N-methyl/N-ethyl adjacent to an activating group) is 1. The van der Waals surface area contributed by atoms with Gasteiger partial charge in [0.1, 0.15) is 5.54 Å². The molecule has 1 heterocycles. The minimum atomic E-state index is -0.806. The fourth-order valence-corrected chi connectivity index (χ4v) is 2.31. The molecule has 0 aromatic heterocycles. The van der Waals surface area contributed by atoms with Crippen LogP contribution < -0.4 is 5.32 Å². The molecule has 2 atom stereocenters. The molecule has 0 bridgehead atoms. The summed E-state index contributed by atoms with van der Waals surface area (Å²) in [6, 6.07) is 0.0296. The van der Waals surface area contributed by atoms with Crippen LogP contribution in [0.3, 0.4) is 0 Å². The van der Waals surface area contributed by atoms with E-state index in [9.17, 15) is 9.59 Å². The number of hydrogen-bond acceptors (Lipinski definition) is 4. The molecule has 104 valence electrons. The minimum Gasteiger partial charge on any atom is -0.309 e. The molecule has 2 unspecified atom stereocenters. The van der Waals surface area contributed by atoms with Gasteiger partial charge in [0.2, 0.25) is 0 Å². The maximum absolute atomic E-state index is 12.6. The highest BCUT2D eigenvalue weighted by Crippen LogP contribution is 2.25. The van der Waals surface area contributed by atoms with Crippen LogP contribution in [-0.2, 0) is 9.59 Å². The molecule has 1 aliphatic heterocycles. The van der Waals surface area contributed by atoms with Gasteiger partial charge in [-0.15, -0.1) is 0 Å². The number of ketones is 1. The maximum Gasteiger partial charge on any atom is 0.254 e. The second-order valence-electron chi connectivity index (χ2n) is 5.61. The molecular weight excluding hydrogens is 230 g/mol. The molecule has 1 amide bonds. The summed E-state index contributed by atoms with van der Waals surface area (Å²) in [4.78, 5) is 24.4. The lowest BCUT2D eigenvalue weighted by atomic mass is 9.98. The van der Waals surface area contributed by atoms with Gasteiger partial charge in [0, 0.05) is 13.1 Å². The Morgan fingerprint density at radius 1 is 1.39 bits per heavy atom. The predicted octanol–water partition coefficient (Wildman–Crippen LogP) is 0.800. The van der Waals surface area contributed by atoms with Crippen molar-refractivity contribution in [2.75, 3.05) is 14.1 Å². The van der Waals surface area contributed by atoms with Crippen molar-refractivity contribution in [2.24, 2.45) is 0 Å². The number of nitrogens with zero attached hydrogens (tertiary/aromatic N) is 2. The normalized spacial score (nSPS) is 27.2. The van der Waals surface area contributed by atoms with Gasteiger partial charge >= 0.3 is 0 Å². The second kappa shape index (κ2) is 5.36. The molecule has 1 aliphatic rings. The van der Waals surface area contributed by atoms with E-state index in [1.807, 2.05) is 12.1 Å². The molecule has 1 rings (SSSR count). The highest BCUT2D eigenvalue weighted by Gasteiger charge is 2.43. The van der Waals surface area contributed by atoms with Crippen molar-refractivity contribution in [2.45, 2.75) is 58.2 Å². The topological polar surface area (TPSA) is 52.6 Å². The zero-order chi connectivity index (χ0) is 14.1. The van der Waals surface area contributed by atoms with E-state index in [1.54, 1.807) is 25.9 Å². The number of Topliss-reactive ketones (excluding diaryl/α,β-unsaturated/α-hetero) is 1. The Bertz CT molecular complexity index is 341. The quantitative estimate of drug-likeness (QED) is 0.810. The van der Waals surface area contributed by atoms with Crippen LogP contribution in [0.2, 0.25) is 0 Å². The summed E-state index contributed by atoms with van der Waals surface area (Å²) in [5, 5.41) is 6.57. The van der Waals surface area contributed by atoms with Gasteiger partial charge in [-0.05, 0) is 47.6 Å². The van der Waals surface area contributed by atoms with Crippen LogP contribution in [-0.4, -0.2) is 53.4 Å². The average molecular weight is 255 g/mol. The lowest BCUT2D eigenvalue weighted by Crippen LogP contribution is -2.62. The van der Waals surface area contributed by atoms with E-state index in [4.69, 9.17) is 0 Å². The smallest absolute Gasteiger partial charge is 0.254 e. The van der Waals surface area contributed by atoms with Crippen LogP contribution in [0.5, 0.6) is 0 Å². The van der Waals surface area contributed by atoms with Gasteiger partial charge in [-0.1, -0.05) is 0 Å². The number of nitrogens with one attached hydrogen (secondary N) is 1. The molecule has 1 fully saturated rings. The highest BCUT2D eigenvalue weighted by atomic mass is 16.2. The average Bonchev–Trinajstić information content (AvgIpc) is 2.38. The molecule has 5 nitrogen and oxygen atoms in total. The van der Waals surface area contributed by atoms with E-state index in [2.05, 4.69) is 12.2 Å². The summed E-state index contributed by atoms with van der Waals surface area (Å²) in [7, 11) is 3.67. The Balaban J connectivity index is 3.16. The fourth-order valence-electron chi connectivity index (χ4n) is 2.31. The van der Waals surface area contributed by atoms with Crippen LogP contribution in [0.1, 0.15) is 40.5 Å². The van der Waals surface area contributed by atoms with E-state index in [0.29, 0.717) is 0 Å². The third kappa shape index (κ3) is 2.57. The summed E-state index contributed by atoms with van der Waals surface area (Å²) in [6.07, 6.45) is 1.73. The van der Waals surface area contributed by atoms with E-state index < -0.39 is 5.54 Å². The zero-order valence-electron chi connectivity index (χ0n) is 12.3. The lowest BCUT2D eigenvalue weighted by Gasteiger charge is -2.44. The van der Waals surface area contributed by atoms with Crippen LogP contribution in [0.25, 0.3) is 0 Å². The first-order chi connectivity index (χ1) is 8.23. The number of rotatable bonds is 3. The molecule has 1 N–H and O–H groups in total. The summed E-state index contributed by atoms with van der Waals surface area (Å²) in [6.45, 7) is 7.21. The summed E-state index contributed by atoms with van der Waals surface area (Å²) < 4.78 is 0. The molecule has 0 aromatic rings. The molecule has 1 saturated heterocycles. The van der Waals surface area contributed by atoms with Crippen molar-refractivity contribution in [3.8, 4) is 0 Å². The van der Waals surface area contributed by atoms with Gasteiger partial charge in [-0.3, -0.25) is 14.6 Å². The van der Waals surface area contributed by atoms with Crippen molar-refractivity contribution in [3.05, 3.63) is 0 Å². The van der Waals surface area contributed by atoms with E-state index in [-0.39, 0.29) is 23.8 Å². The first kappa shape index (κ1) is 15.1. The van der Waals surface area contributed by atoms with Crippen LogP contribution in [0.4, 0.5) is 0 Å². The van der Waals surface area contributed by atoms with Crippen molar-refractivity contribution < 1.29 is 9.59 Å². The molecule has 18 heavy (non-hydrogen) atoms. The van der Waals surface area contributed by atoms with E-state index in [0.717, 1.165) is 12.8 Å². The monoisotopic (exact) mass is 255 g/mol. The maximum atomic E-state index is 12.6. The zero-order valence-corrected chi connectivity index (χ0v) is 12.3. The Hall–Kier alpha value is -0.940. The van der Waals surface area contributed by atoms with E-state index >= 15 is 0 Å². The highest BCUT2D eigenvalue weighted by molar-refractivity contribution is 5.92. The molecule has 0 saturated carbocycles. The third-order valence-corrected chi connectivity index (χ3v) is 4.07.